The second-order valence-electron chi connectivity index (χ2n) is 15.4. The third-order valence-corrected chi connectivity index (χ3v) is 11.8. The number of para-hydroxylation sites is 2. The minimum Gasteiger partial charge on any atom is -0.309 e. The molecule has 0 saturated heterocycles. The molecule has 9 aromatic carbocycles. The van der Waals surface area contributed by atoms with Crippen molar-refractivity contribution in [2.24, 2.45) is 0 Å². The number of pyridine rings is 1. The van der Waals surface area contributed by atoms with Crippen LogP contribution >= 0.6 is 0 Å². The summed E-state index contributed by atoms with van der Waals surface area (Å²) in [5, 5.41) is 8.04. The van der Waals surface area contributed by atoms with Gasteiger partial charge in [0.15, 0.2) is 17.5 Å². The van der Waals surface area contributed by atoms with Gasteiger partial charge in [-0.05, 0) is 58.3 Å². The van der Waals surface area contributed by atoms with E-state index >= 15 is 0 Å². The van der Waals surface area contributed by atoms with E-state index in [1.165, 1.54) is 21.7 Å². The Balaban J connectivity index is 1.10. The third-order valence-electron chi connectivity index (χ3n) is 11.8. The lowest BCUT2D eigenvalue weighted by Crippen LogP contribution is -2.00. The fourth-order valence-electron chi connectivity index (χ4n) is 9.04. The van der Waals surface area contributed by atoms with Crippen molar-refractivity contribution in [2.75, 3.05) is 0 Å². The van der Waals surface area contributed by atoms with E-state index in [4.69, 9.17) is 19.9 Å². The van der Waals surface area contributed by atoms with Crippen molar-refractivity contribution in [3.63, 3.8) is 0 Å². The Kier molecular flexibility index (Phi) is 8.10. The van der Waals surface area contributed by atoms with Crippen molar-refractivity contribution >= 4 is 54.3 Å². The van der Waals surface area contributed by atoms with Crippen molar-refractivity contribution in [3.8, 4) is 62.2 Å². The van der Waals surface area contributed by atoms with Crippen molar-refractivity contribution in [1.29, 1.82) is 0 Å². The Hall–Kier alpha value is -8.28. The summed E-state index contributed by atoms with van der Waals surface area (Å²) in [5.41, 5.74) is 11.6. The molecule has 5 heteroatoms. The SMILES string of the molecule is c1ccc(-c2nc(-c3ccccc3)nc(-c3ccc(-c4ccc5c(c4)c4ccc6c(-c7ccccc7)nc7ccccc7c6c4n5-c4ccccc4)c4ccccc34)n2)cc1. The van der Waals surface area contributed by atoms with Crippen molar-refractivity contribution in [3.05, 3.63) is 212 Å². The van der Waals surface area contributed by atoms with Gasteiger partial charge in [-0.3, -0.25) is 0 Å². The Morgan fingerprint density at radius 1 is 0.311 bits per heavy atom. The van der Waals surface area contributed by atoms with E-state index in [-0.39, 0.29) is 0 Å². The van der Waals surface area contributed by atoms with E-state index < -0.39 is 0 Å². The average molecular weight is 778 g/mol. The molecule has 284 valence electrons. The van der Waals surface area contributed by atoms with Crippen LogP contribution in [0.25, 0.3) is 116 Å². The summed E-state index contributed by atoms with van der Waals surface area (Å²) in [6.45, 7) is 0. The molecule has 12 aromatic rings. The van der Waals surface area contributed by atoms with E-state index in [0.717, 1.165) is 77.3 Å². The maximum absolute atomic E-state index is 5.27. The van der Waals surface area contributed by atoms with E-state index in [1.807, 2.05) is 60.7 Å². The van der Waals surface area contributed by atoms with Gasteiger partial charge in [-0.2, -0.15) is 0 Å². The zero-order valence-corrected chi connectivity index (χ0v) is 32.9. The molecule has 0 radical (unpaired) electrons. The number of nitrogens with zero attached hydrogens (tertiary/aromatic N) is 5. The molecule has 0 saturated carbocycles. The van der Waals surface area contributed by atoms with Crippen LogP contribution in [-0.2, 0) is 0 Å². The number of fused-ring (bicyclic) bond motifs is 8. The number of benzene rings is 9. The highest BCUT2D eigenvalue weighted by Crippen LogP contribution is 2.44. The molecule has 0 amide bonds. The largest absolute Gasteiger partial charge is 0.309 e. The van der Waals surface area contributed by atoms with Gasteiger partial charge in [0.1, 0.15) is 0 Å². The quantitative estimate of drug-likeness (QED) is 0.158. The molecule has 12 rings (SSSR count). The first-order chi connectivity index (χ1) is 30.3. The zero-order chi connectivity index (χ0) is 40.3. The predicted molar refractivity (Wildman–Crippen MR) is 252 cm³/mol. The van der Waals surface area contributed by atoms with Crippen LogP contribution in [-0.4, -0.2) is 24.5 Å². The van der Waals surface area contributed by atoms with E-state index in [2.05, 4.69) is 156 Å². The molecule has 0 spiro atoms. The molecule has 5 nitrogen and oxygen atoms in total. The van der Waals surface area contributed by atoms with Gasteiger partial charge in [-0.1, -0.05) is 176 Å². The van der Waals surface area contributed by atoms with E-state index in [1.54, 1.807) is 0 Å². The summed E-state index contributed by atoms with van der Waals surface area (Å²) in [5.74, 6) is 1.93. The van der Waals surface area contributed by atoms with Gasteiger partial charge in [0.2, 0.25) is 0 Å². The molecule has 0 fully saturated rings. The minimum absolute atomic E-state index is 0.639. The zero-order valence-electron chi connectivity index (χ0n) is 32.9. The molecule has 3 aromatic heterocycles. The van der Waals surface area contributed by atoms with Crippen LogP contribution < -0.4 is 0 Å². The van der Waals surface area contributed by atoms with Crippen LogP contribution in [0.3, 0.4) is 0 Å². The molecule has 0 aliphatic rings. The molecule has 0 unspecified atom stereocenters. The molecule has 0 N–H and O–H groups in total. The lowest BCUT2D eigenvalue weighted by atomic mass is 9.93. The number of hydrogen-bond acceptors (Lipinski definition) is 4. The summed E-state index contributed by atoms with van der Waals surface area (Å²) in [7, 11) is 0. The Labute approximate surface area is 351 Å². The first-order valence-electron chi connectivity index (χ1n) is 20.6. The second-order valence-corrected chi connectivity index (χ2v) is 15.4. The number of aromatic nitrogens is 5. The normalized spacial score (nSPS) is 11.6. The fourth-order valence-corrected chi connectivity index (χ4v) is 9.04. The lowest BCUT2D eigenvalue weighted by molar-refractivity contribution is 1.08. The van der Waals surface area contributed by atoms with Crippen LogP contribution in [0, 0.1) is 0 Å². The van der Waals surface area contributed by atoms with Gasteiger partial charge < -0.3 is 4.57 Å². The molecule has 61 heavy (non-hydrogen) atoms. The first kappa shape index (κ1) is 34.7. The van der Waals surface area contributed by atoms with Crippen molar-refractivity contribution in [2.45, 2.75) is 0 Å². The summed E-state index contributed by atoms with van der Waals surface area (Å²) in [6.07, 6.45) is 0. The second kappa shape index (κ2) is 14.2. The van der Waals surface area contributed by atoms with Gasteiger partial charge in [-0.25, -0.2) is 19.9 Å². The van der Waals surface area contributed by atoms with Crippen LogP contribution in [0.2, 0.25) is 0 Å². The standard InChI is InChI=1S/C56H35N5/c1-5-17-36(18-6-1)52-47-33-31-44-48-35-39(29-34-50(48)61(40-23-11-4-12-24-40)53(44)51(47)46-27-15-16-28-49(46)57-52)41-30-32-45(43-26-14-13-25-42(41)43)56-59-54(37-19-7-2-8-20-37)58-55(60-56)38-21-9-3-10-22-38/h1-35H. The summed E-state index contributed by atoms with van der Waals surface area (Å²) >= 11 is 0. The van der Waals surface area contributed by atoms with Gasteiger partial charge in [0, 0.05) is 54.9 Å². The number of hydrogen-bond donors (Lipinski definition) is 0. The van der Waals surface area contributed by atoms with Crippen molar-refractivity contribution in [1.82, 2.24) is 24.5 Å². The molecule has 0 aliphatic heterocycles. The fraction of sp³-hybridized carbons (Fsp3) is 0. The van der Waals surface area contributed by atoms with Crippen LogP contribution in [0.5, 0.6) is 0 Å². The monoisotopic (exact) mass is 777 g/mol. The van der Waals surface area contributed by atoms with Crippen LogP contribution in [0.15, 0.2) is 212 Å². The first-order valence-corrected chi connectivity index (χ1v) is 20.6. The van der Waals surface area contributed by atoms with Crippen LogP contribution in [0.1, 0.15) is 0 Å². The Morgan fingerprint density at radius 2 is 0.836 bits per heavy atom. The predicted octanol–water partition coefficient (Wildman–Crippen LogP) is 14.2. The molecule has 0 aliphatic carbocycles. The molecule has 3 heterocycles. The van der Waals surface area contributed by atoms with Crippen LogP contribution in [0.4, 0.5) is 0 Å². The molecular formula is C56H35N5. The Bertz CT molecular complexity index is 3560. The average Bonchev–Trinajstić information content (AvgIpc) is 3.68. The van der Waals surface area contributed by atoms with E-state index in [0.29, 0.717) is 17.5 Å². The summed E-state index contributed by atoms with van der Waals surface area (Å²) in [6, 6.07) is 74.6. The lowest BCUT2D eigenvalue weighted by Gasteiger charge is -2.14. The van der Waals surface area contributed by atoms with Gasteiger partial charge in [-0.15, -0.1) is 0 Å². The highest BCUT2D eigenvalue weighted by Gasteiger charge is 2.21. The number of rotatable bonds is 6. The highest BCUT2D eigenvalue weighted by atomic mass is 15.0. The minimum atomic E-state index is 0.639. The van der Waals surface area contributed by atoms with Gasteiger partial charge in [0.05, 0.1) is 22.2 Å². The smallest absolute Gasteiger partial charge is 0.164 e. The summed E-state index contributed by atoms with van der Waals surface area (Å²) < 4.78 is 2.44. The van der Waals surface area contributed by atoms with Gasteiger partial charge >= 0.3 is 0 Å². The summed E-state index contributed by atoms with van der Waals surface area (Å²) in [4.78, 5) is 20.4. The maximum Gasteiger partial charge on any atom is 0.164 e. The van der Waals surface area contributed by atoms with Crippen molar-refractivity contribution < 1.29 is 0 Å². The van der Waals surface area contributed by atoms with E-state index in [9.17, 15) is 0 Å². The third kappa shape index (κ3) is 5.78. The van der Waals surface area contributed by atoms with Gasteiger partial charge in [0.25, 0.3) is 0 Å². The Morgan fingerprint density at radius 3 is 1.51 bits per heavy atom. The molecule has 0 bridgehead atoms. The molecular weight excluding hydrogens is 743 g/mol. The topological polar surface area (TPSA) is 56.5 Å². The maximum atomic E-state index is 5.27. The highest BCUT2D eigenvalue weighted by molar-refractivity contribution is 6.27. The molecule has 0 atom stereocenters.